The second-order valence-corrected chi connectivity index (χ2v) is 10.1. The third-order valence-electron chi connectivity index (χ3n) is 7.89. The van der Waals surface area contributed by atoms with E-state index < -0.39 is 0 Å². The summed E-state index contributed by atoms with van der Waals surface area (Å²) in [5.74, 6) is 0.129. The molecule has 0 bridgehead atoms. The van der Waals surface area contributed by atoms with Gasteiger partial charge in [-0.25, -0.2) is 0 Å². The summed E-state index contributed by atoms with van der Waals surface area (Å²) in [7, 11) is 2.11. The smallest absolute Gasteiger partial charge is 0.255 e. The number of rotatable bonds is 5. The number of benzene rings is 2. The zero-order valence-corrected chi connectivity index (χ0v) is 21.5. The van der Waals surface area contributed by atoms with Crippen LogP contribution in [0.5, 0.6) is 0 Å². The first-order valence-electron chi connectivity index (χ1n) is 12.9. The maximum Gasteiger partial charge on any atom is 0.255 e. The maximum absolute atomic E-state index is 14.3. The summed E-state index contributed by atoms with van der Waals surface area (Å²) in [6, 6.07) is 17.3. The zero-order chi connectivity index (χ0) is 24.5. The van der Waals surface area contributed by atoms with E-state index in [2.05, 4.69) is 84.7 Å². The number of hydrogen-bond donors (Lipinski definition) is 0. The second kappa shape index (κ2) is 10.00. The summed E-state index contributed by atoms with van der Waals surface area (Å²) < 4.78 is 7.81. The first-order chi connectivity index (χ1) is 17.0. The molecule has 3 aromatic rings. The van der Waals surface area contributed by atoms with Crippen molar-refractivity contribution in [3.63, 3.8) is 0 Å². The van der Waals surface area contributed by atoms with Crippen LogP contribution in [0.2, 0.25) is 0 Å². The highest BCUT2D eigenvalue weighted by atomic mass is 16.5. The summed E-state index contributed by atoms with van der Waals surface area (Å²) in [4.78, 5) is 18.9. The van der Waals surface area contributed by atoms with Crippen LogP contribution >= 0.6 is 0 Å². The van der Waals surface area contributed by atoms with E-state index in [1.165, 1.54) is 27.9 Å². The zero-order valence-electron chi connectivity index (χ0n) is 21.5. The van der Waals surface area contributed by atoms with Crippen LogP contribution in [0.3, 0.4) is 0 Å². The largest absolute Gasteiger partial charge is 0.379 e. The monoisotopic (exact) mass is 471 g/mol. The minimum absolute atomic E-state index is 0.129. The lowest BCUT2D eigenvalue weighted by molar-refractivity contribution is 0.0193. The summed E-state index contributed by atoms with van der Waals surface area (Å²) in [5, 5.41) is 0. The summed E-state index contributed by atoms with van der Waals surface area (Å²) in [6.07, 6.45) is 1.88. The van der Waals surface area contributed by atoms with Gasteiger partial charge in [-0.15, -0.1) is 0 Å². The molecule has 1 atom stereocenters. The van der Waals surface area contributed by atoms with E-state index >= 15 is 0 Å². The molecule has 1 aromatic heterocycles. The Morgan fingerprint density at radius 3 is 2.49 bits per heavy atom. The molecule has 184 valence electrons. The number of amides is 1. The van der Waals surface area contributed by atoms with Gasteiger partial charge in [0.25, 0.3) is 5.91 Å². The number of aromatic nitrogens is 1. The Balaban J connectivity index is 1.53. The number of hydrogen-bond acceptors (Lipinski definition) is 3. The van der Waals surface area contributed by atoms with Crippen LogP contribution in [-0.4, -0.2) is 59.2 Å². The first-order valence-corrected chi connectivity index (χ1v) is 12.9. The van der Waals surface area contributed by atoms with E-state index in [0.717, 1.165) is 62.5 Å². The van der Waals surface area contributed by atoms with Gasteiger partial charge in [-0.2, -0.15) is 0 Å². The molecule has 5 heteroatoms. The van der Waals surface area contributed by atoms with Crippen molar-refractivity contribution in [3.05, 3.63) is 82.0 Å². The van der Waals surface area contributed by atoms with Crippen LogP contribution in [-0.2, 0) is 31.2 Å². The molecule has 1 saturated heterocycles. The van der Waals surface area contributed by atoms with Gasteiger partial charge >= 0.3 is 0 Å². The third kappa shape index (κ3) is 4.67. The van der Waals surface area contributed by atoms with E-state index in [1.807, 2.05) is 6.07 Å². The number of carbonyl (C=O) groups is 1. The van der Waals surface area contributed by atoms with E-state index in [4.69, 9.17) is 4.74 Å². The molecule has 0 saturated carbocycles. The van der Waals surface area contributed by atoms with Gasteiger partial charge in [-0.1, -0.05) is 42.8 Å². The van der Waals surface area contributed by atoms with E-state index in [9.17, 15) is 4.79 Å². The molecule has 5 rings (SSSR count). The minimum Gasteiger partial charge on any atom is -0.379 e. The van der Waals surface area contributed by atoms with Gasteiger partial charge in [-0.05, 0) is 61.6 Å². The molecule has 0 N–H and O–H groups in total. The quantitative estimate of drug-likeness (QED) is 0.538. The van der Waals surface area contributed by atoms with E-state index in [-0.39, 0.29) is 11.9 Å². The highest BCUT2D eigenvalue weighted by molar-refractivity contribution is 6.01. The average molecular weight is 472 g/mol. The normalized spacial score (nSPS) is 18.5. The fraction of sp³-hybridized carbons (Fsp3) is 0.433. The Morgan fingerprint density at radius 1 is 1.03 bits per heavy atom. The van der Waals surface area contributed by atoms with Crippen molar-refractivity contribution in [2.24, 2.45) is 7.05 Å². The van der Waals surface area contributed by atoms with Gasteiger partial charge in [0.2, 0.25) is 0 Å². The molecule has 1 amide bonds. The third-order valence-corrected chi connectivity index (χ3v) is 7.89. The predicted molar refractivity (Wildman–Crippen MR) is 141 cm³/mol. The maximum atomic E-state index is 14.3. The predicted octanol–water partition coefficient (Wildman–Crippen LogP) is 4.77. The number of fused-ring (bicyclic) bond motifs is 1. The van der Waals surface area contributed by atoms with Gasteiger partial charge in [0.1, 0.15) is 0 Å². The summed E-state index contributed by atoms with van der Waals surface area (Å²) >= 11 is 0. The number of ether oxygens (including phenoxy) is 1. The number of carbonyl (C=O) groups excluding carboxylic acids is 1. The van der Waals surface area contributed by atoms with Crippen LogP contribution in [0.15, 0.2) is 48.5 Å². The molecule has 5 nitrogen and oxygen atoms in total. The lowest BCUT2D eigenvalue weighted by Gasteiger charge is -2.40. The van der Waals surface area contributed by atoms with Crippen molar-refractivity contribution in [3.8, 4) is 11.3 Å². The SMILES string of the molecule is CCc1cc(-c2cc(C)ccc2C(=O)N2Cc3ccccc3CC2CN2CCOCC2)n(C)c1C. The molecular weight excluding hydrogens is 434 g/mol. The molecule has 0 aliphatic carbocycles. The van der Waals surface area contributed by atoms with Gasteiger partial charge < -0.3 is 14.2 Å². The van der Waals surface area contributed by atoms with Crippen molar-refractivity contribution in [2.75, 3.05) is 32.8 Å². The second-order valence-electron chi connectivity index (χ2n) is 10.1. The van der Waals surface area contributed by atoms with Crippen LogP contribution in [0.4, 0.5) is 0 Å². The van der Waals surface area contributed by atoms with Crippen LogP contribution in [0, 0.1) is 13.8 Å². The lowest BCUT2D eigenvalue weighted by atomic mass is 9.91. The van der Waals surface area contributed by atoms with E-state index in [1.54, 1.807) is 0 Å². The molecule has 1 unspecified atom stereocenters. The highest BCUT2D eigenvalue weighted by Gasteiger charge is 2.33. The van der Waals surface area contributed by atoms with Crippen LogP contribution in [0.1, 0.15) is 45.2 Å². The molecule has 3 heterocycles. The van der Waals surface area contributed by atoms with E-state index in [0.29, 0.717) is 6.54 Å². The standard InChI is InChI=1S/C30H37N3O2/c1-5-23-18-29(31(4)22(23)3)28-16-21(2)10-11-27(28)30(34)33-19-25-9-7-6-8-24(25)17-26(33)20-32-12-14-35-15-13-32/h6-11,16,18,26H,5,12-15,17,19-20H2,1-4H3. The number of nitrogens with zero attached hydrogens (tertiary/aromatic N) is 3. The van der Waals surface area contributed by atoms with Crippen LogP contribution in [0.25, 0.3) is 11.3 Å². The number of aryl methyl sites for hydroxylation is 2. The summed E-state index contributed by atoms with van der Waals surface area (Å²) in [6.45, 7) is 11.4. The van der Waals surface area contributed by atoms with Gasteiger partial charge in [0.15, 0.2) is 0 Å². The number of morpholine rings is 1. The van der Waals surface area contributed by atoms with Crippen molar-refractivity contribution < 1.29 is 9.53 Å². The average Bonchev–Trinajstić information content (AvgIpc) is 3.17. The van der Waals surface area contributed by atoms with Crippen LogP contribution < -0.4 is 0 Å². The molecule has 2 aliphatic rings. The molecular formula is C30H37N3O2. The molecule has 2 aromatic carbocycles. The molecule has 0 spiro atoms. The van der Waals surface area contributed by atoms with Crippen molar-refractivity contribution in [2.45, 2.75) is 46.2 Å². The van der Waals surface area contributed by atoms with Gasteiger partial charge in [0, 0.05) is 61.8 Å². The molecule has 0 radical (unpaired) electrons. The molecule has 1 fully saturated rings. The van der Waals surface area contributed by atoms with Gasteiger partial charge in [-0.3, -0.25) is 9.69 Å². The van der Waals surface area contributed by atoms with Crippen molar-refractivity contribution >= 4 is 5.91 Å². The molecule has 2 aliphatic heterocycles. The minimum atomic E-state index is 0.129. The Kier molecular flexibility index (Phi) is 6.81. The fourth-order valence-electron chi connectivity index (χ4n) is 5.66. The Morgan fingerprint density at radius 2 is 1.77 bits per heavy atom. The van der Waals surface area contributed by atoms with Crippen molar-refractivity contribution in [1.29, 1.82) is 0 Å². The Hall–Kier alpha value is -2.89. The Labute approximate surface area is 209 Å². The lowest BCUT2D eigenvalue weighted by Crippen LogP contribution is -2.52. The fourth-order valence-corrected chi connectivity index (χ4v) is 5.66. The van der Waals surface area contributed by atoms with Gasteiger partial charge in [0.05, 0.1) is 13.2 Å². The topological polar surface area (TPSA) is 37.7 Å². The van der Waals surface area contributed by atoms with Crippen molar-refractivity contribution in [1.82, 2.24) is 14.4 Å². The molecule has 35 heavy (non-hydrogen) atoms. The highest BCUT2D eigenvalue weighted by Crippen LogP contribution is 2.32. The first kappa shape index (κ1) is 23.8. The summed E-state index contributed by atoms with van der Waals surface area (Å²) in [5.41, 5.74) is 9.34. The Bertz CT molecular complexity index is 1220.